The summed E-state index contributed by atoms with van der Waals surface area (Å²) in [6, 6.07) is 0. The number of hydrogen-bond acceptors (Lipinski definition) is 2. The first-order valence-electron chi connectivity index (χ1n) is 6.54. The molecule has 0 aromatic carbocycles. The van der Waals surface area contributed by atoms with E-state index in [0.717, 1.165) is 0 Å². The zero-order valence-electron chi connectivity index (χ0n) is 13.5. The Morgan fingerprint density at radius 2 is 1.06 bits per heavy atom. The second-order valence-corrected chi connectivity index (χ2v) is 22.9. The van der Waals surface area contributed by atoms with Crippen LogP contribution >= 0.6 is 0 Å². The van der Waals surface area contributed by atoms with Crippen molar-refractivity contribution < 1.29 is 8.85 Å². The maximum atomic E-state index is 5.98. The van der Waals surface area contributed by atoms with E-state index in [4.69, 9.17) is 8.85 Å². The summed E-state index contributed by atoms with van der Waals surface area (Å²) in [5.41, 5.74) is 0. The summed E-state index contributed by atoms with van der Waals surface area (Å²) >= 11 is 0. The molecule has 0 bridgehead atoms. The molecule has 0 aliphatic carbocycles. The van der Waals surface area contributed by atoms with E-state index in [0.29, 0.717) is 4.28 Å². The molecular formula is C12H32O2Si3. The fourth-order valence-electron chi connectivity index (χ4n) is 4.30. The van der Waals surface area contributed by atoms with Crippen LogP contribution in [-0.4, -0.2) is 38.9 Å². The normalized spacial score (nSPS) is 15.2. The molecule has 0 fully saturated rings. The van der Waals surface area contributed by atoms with Crippen LogP contribution in [0, 0.1) is 0 Å². The molecular weight excluding hydrogens is 260 g/mol. The van der Waals surface area contributed by atoms with Gasteiger partial charge in [0.2, 0.25) is 0 Å². The van der Waals surface area contributed by atoms with E-state index in [-0.39, 0.29) is 0 Å². The van der Waals surface area contributed by atoms with E-state index >= 15 is 0 Å². The second-order valence-electron chi connectivity index (χ2n) is 7.11. The van der Waals surface area contributed by atoms with Crippen molar-refractivity contribution in [3.05, 3.63) is 0 Å². The summed E-state index contributed by atoms with van der Waals surface area (Å²) < 4.78 is 12.3. The average molecular weight is 293 g/mol. The molecule has 0 saturated carbocycles. The molecule has 0 unspecified atom stereocenters. The molecule has 0 saturated heterocycles. The summed E-state index contributed by atoms with van der Waals surface area (Å²) in [5.74, 6) is 0. The Kier molecular flexibility index (Phi) is 5.46. The highest BCUT2D eigenvalue weighted by Crippen LogP contribution is 2.56. The third-order valence-corrected chi connectivity index (χ3v) is 25.7. The Labute approximate surface area is 111 Å². The van der Waals surface area contributed by atoms with Crippen LogP contribution in [0.2, 0.25) is 50.1 Å². The molecule has 0 amide bonds. The van der Waals surface area contributed by atoms with Gasteiger partial charge in [-0.1, -0.05) is 52.6 Å². The highest BCUT2D eigenvalue weighted by Gasteiger charge is 2.65. The lowest BCUT2D eigenvalue weighted by Crippen LogP contribution is -2.69. The molecule has 0 spiro atoms. The van der Waals surface area contributed by atoms with Gasteiger partial charge in [0, 0.05) is 18.5 Å². The van der Waals surface area contributed by atoms with Crippen molar-refractivity contribution in [2.45, 2.75) is 63.5 Å². The van der Waals surface area contributed by atoms with Crippen molar-refractivity contribution in [1.82, 2.24) is 0 Å². The summed E-state index contributed by atoms with van der Waals surface area (Å²) in [4.78, 5) is 0. The Hall–Kier alpha value is 0.571. The van der Waals surface area contributed by atoms with Gasteiger partial charge in [-0.25, -0.2) is 0 Å². The topological polar surface area (TPSA) is 18.5 Å². The molecule has 0 aromatic heterocycles. The number of rotatable bonds is 6. The minimum absolute atomic E-state index is 0.344. The van der Waals surface area contributed by atoms with Gasteiger partial charge >= 0.3 is 8.56 Å². The van der Waals surface area contributed by atoms with Crippen LogP contribution in [0.25, 0.3) is 0 Å². The standard InChI is InChI=1S/C12H32O2Si3/c1-11-12(15(4,5)6,16(7,8)9)17(10,13-2)14-3/h11H2,1-10H3. The van der Waals surface area contributed by atoms with Gasteiger partial charge in [0.25, 0.3) is 0 Å². The molecule has 104 valence electrons. The van der Waals surface area contributed by atoms with Gasteiger partial charge in [0.15, 0.2) is 0 Å². The minimum Gasteiger partial charge on any atom is -0.398 e. The highest BCUT2D eigenvalue weighted by molar-refractivity contribution is 7.12. The van der Waals surface area contributed by atoms with Gasteiger partial charge in [0.05, 0.1) is 16.1 Å². The predicted octanol–water partition coefficient (Wildman–Crippen LogP) is 4.26. The molecule has 17 heavy (non-hydrogen) atoms. The smallest absolute Gasteiger partial charge is 0.335 e. The van der Waals surface area contributed by atoms with Gasteiger partial charge in [-0.3, -0.25) is 0 Å². The molecule has 0 aliphatic rings. The van der Waals surface area contributed by atoms with Gasteiger partial charge in [-0.05, 0) is 6.55 Å². The summed E-state index contributed by atoms with van der Waals surface area (Å²) in [6.07, 6.45) is 1.20. The Morgan fingerprint density at radius 3 is 1.12 bits per heavy atom. The molecule has 0 aromatic rings. The summed E-state index contributed by atoms with van der Waals surface area (Å²) in [5, 5.41) is 0. The van der Waals surface area contributed by atoms with Gasteiger partial charge in [-0.2, -0.15) is 0 Å². The maximum Gasteiger partial charge on any atom is 0.335 e. The zero-order valence-corrected chi connectivity index (χ0v) is 16.5. The monoisotopic (exact) mass is 292 g/mol. The maximum absolute atomic E-state index is 5.98. The van der Waals surface area contributed by atoms with Gasteiger partial charge in [0.1, 0.15) is 0 Å². The molecule has 0 radical (unpaired) electrons. The van der Waals surface area contributed by atoms with Crippen LogP contribution in [0.3, 0.4) is 0 Å². The Bertz CT molecular complexity index is 235. The van der Waals surface area contributed by atoms with Crippen LogP contribution in [0.4, 0.5) is 0 Å². The van der Waals surface area contributed by atoms with Crippen LogP contribution in [-0.2, 0) is 8.85 Å². The van der Waals surface area contributed by atoms with Crippen LogP contribution in [0.1, 0.15) is 13.3 Å². The van der Waals surface area contributed by atoms with Crippen molar-refractivity contribution in [3.8, 4) is 0 Å². The zero-order chi connectivity index (χ0) is 14.1. The molecule has 2 nitrogen and oxygen atoms in total. The van der Waals surface area contributed by atoms with E-state index in [9.17, 15) is 0 Å². The van der Waals surface area contributed by atoms with Crippen LogP contribution in [0.5, 0.6) is 0 Å². The van der Waals surface area contributed by atoms with E-state index < -0.39 is 24.7 Å². The molecule has 0 atom stereocenters. The quantitative estimate of drug-likeness (QED) is 0.681. The Morgan fingerprint density at radius 1 is 0.765 bits per heavy atom. The molecule has 0 rings (SSSR count). The lowest BCUT2D eigenvalue weighted by atomic mass is 10.5. The fraction of sp³-hybridized carbons (Fsp3) is 1.00. The molecule has 5 heteroatoms. The minimum atomic E-state index is -2.12. The Balaban J connectivity index is 6.03. The average Bonchev–Trinajstić information content (AvgIpc) is 2.14. The summed E-state index contributed by atoms with van der Waals surface area (Å²) in [6.45, 7) is 19.5. The molecule has 0 N–H and O–H groups in total. The van der Waals surface area contributed by atoms with Crippen molar-refractivity contribution in [1.29, 1.82) is 0 Å². The fourth-order valence-corrected chi connectivity index (χ4v) is 29.1. The lowest BCUT2D eigenvalue weighted by Gasteiger charge is -2.57. The highest BCUT2D eigenvalue weighted by atomic mass is 28.5. The van der Waals surface area contributed by atoms with Crippen molar-refractivity contribution in [2.75, 3.05) is 14.2 Å². The predicted molar refractivity (Wildman–Crippen MR) is 85.3 cm³/mol. The lowest BCUT2D eigenvalue weighted by molar-refractivity contribution is 0.236. The van der Waals surface area contributed by atoms with Crippen LogP contribution < -0.4 is 0 Å². The van der Waals surface area contributed by atoms with Crippen molar-refractivity contribution in [2.24, 2.45) is 0 Å². The number of hydrogen-bond donors (Lipinski definition) is 0. The third kappa shape index (κ3) is 2.63. The third-order valence-electron chi connectivity index (χ3n) is 4.65. The molecule has 0 aliphatic heterocycles. The summed E-state index contributed by atoms with van der Waals surface area (Å²) in [7, 11) is -1.18. The van der Waals surface area contributed by atoms with E-state index in [1.165, 1.54) is 6.42 Å². The molecule has 0 heterocycles. The van der Waals surface area contributed by atoms with E-state index in [2.05, 4.69) is 52.8 Å². The van der Waals surface area contributed by atoms with Gasteiger partial charge < -0.3 is 8.85 Å². The van der Waals surface area contributed by atoms with Crippen molar-refractivity contribution >= 4 is 24.7 Å². The van der Waals surface area contributed by atoms with E-state index in [1.54, 1.807) is 0 Å². The first-order valence-corrected chi connectivity index (χ1v) is 15.9. The first-order chi connectivity index (χ1) is 7.43. The van der Waals surface area contributed by atoms with Gasteiger partial charge in [-0.15, -0.1) is 0 Å². The SMILES string of the molecule is CCC([Si](C)(C)C)([Si](C)(C)C)[Si](C)(OC)OC. The van der Waals surface area contributed by atoms with Crippen LogP contribution in [0.15, 0.2) is 0 Å². The largest absolute Gasteiger partial charge is 0.398 e. The van der Waals surface area contributed by atoms with Crippen molar-refractivity contribution in [3.63, 3.8) is 0 Å². The first kappa shape index (κ1) is 17.6. The van der Waals surface area contributed by atoms with E-state index in [1.807, 2.05) is 14.2 Å². The second kappa shape index (κ2) is 5.29.